The van der Waals surface area contributed by atoms with E-state index in [-0.39, 0.29) is 6.61 Å². The first-order valence-electron chi connectivity index (χ1n) is 7.23. The van der Waals surface area contributed by atoms with Crippen molar-refractivity contribution in [3.63, 3.8) is 0 Å². The Morgan fingerprint density at radius 1 is 1.33 bits per heavy atom. The lowest BCUT2D eigenvalue weighted by Gasteiger charge is -2.12. The lowest BCUT2D eigenvalue weighted by Crippen LogP contribution is -2.13. The van der Waals surface area contributed by atoms with Gasteiger partial charge in [0.05, 0.1) is 32.6 Å². The number of hydrogen-bond acceptors (Lipinski definition) is 5. The third kappa shape index (κ3) is 4.43. The van der Waals surface area contributed by atoms with E-state index in [1.807, 2.05) is 18.2 Å². The number of amides is 1. The van der Waals surface area contributed by atoms with E-state index in [9.17, 15) is 4.79 Å². The van der Waals surface area contributed by atoms with Gasteiger partial charge in [0, 0.05) is 11.8 Å². The van der Waals surface area contributed by atoms with Gasteiger partial charge in [-0.05, 0) is 13.0 Å². The molecule has 1 N–H and O–H groups in total. The summed E-state index contributed by atoms with van der Waals surface area (Å²) in [6, 6.07) is 5.63. The van der Waals surface area contributed by atoms with Crippen LogP contribution in [0, 0.1) is 11.8 Å². The summed E-state index contributed by atoms with van der Waals surface area (Å²) < 4.78 is 17.2. The number of anilines is 1. The summed E-state index contributed by atoms with van der Waals surface area (Å²) in [4.78, 5) is 11.6. The molecule has 0 spiro atoms. The Balaban J connectivity index is 2.03. The second-order valence-electron chi connectivity index (χ2n) is 4.71. The van der Waals surface area contributed by atoms with Gasteiger partial charge in [-0.3, -0.25) is 10.00 Å². The predicted octanol–water partition coefficient (Wildman–Crippen LogP) is 2.52. The Hall–Kier alpha value is -3.14. The SMILES string of the molecule is CC#CCOC(=O)Nc1cnn(Cc2cccc(OC)c2OC)c1. The highest BCUT2D eigenvalue weighted by atomic mass is 16.5. The molecular weight excluding hydrogens is 310 g/mol. The average molecular weight is 329 g/mol. The molecule has 1 aromatic heterocycles. The number of methoxy groups -OCH3 is 2. The van der Waals surface area contributed by atoms with E-state index in [0.717, 1.165) is 5.56 Å². The summed E-state index contributed by atoms with van der Waals surface area (Å²) in [5.41, 5.74) is 1.44. The quantitative estimate of drug-likeness (QED) is 0.824. The second-order valence-corrected chi connectivity index (χ2v) is 4.71. The number of benzene rings is 1. The van der Waals surface area contributed by atoms with Crippen molar-refractivity contribution in [1.29, 1.82) is 0 Å². The molecule has 0 bridgehead atoms. The maximum atomic E-state index is 11.6. The number of para-hydroxylation sites is 1. The zero-order valence-electron chi connectivity index (χ0n) is 13.8. The number of aromatic nitrogens is 2. The number of rotatable bonds is 6. The Morgan fingerprint density at radius 3 is 2.88 bits per heavy atom. The molecule has 0 aliphatic heterocycles. The Kier molecular flexibility index (Phi) is 6.08. The molecule has 1 amide bonds. The van der Waals surface area contributed by atoms with Crippen molar-refractivity contribution in [2.24, 2.45) is 0 Å². The van der Waals surface area contributed by atoms with E-state index in [1.54, 1.807) is 38.2 Å². The molecule has 0 unspecified atom stereocenters. The molecule has 2 aromatic rings. The highest BCUT2D eigenvalue weighted by molar-refractivity contribution is 5.84. The normalized spacial score (nSPS) is 9.62. The van der Waals surface area contributed by atoms with Gasteiger partial charge in [-0.15, -0.1) is 5.92 Å². The third-order valence-electron chi connectivity index (χ3n) is 3.15. The molecule has 0 aliphatic carbocycles. The van der Waals surface area contributed by atoms with Crippen LogP contribution in [0.4, 0.5) is 10.5 Å². The molecule has 1 heterocycles. The third-order valence-corrected chi connectivity index (χ3v) is 3.15. The van der Waals surface area contributed by atoms with Crippen LogP contribution in [0.2, 0.25) is 0 Å². The van der Waals surface area contributed by atoms with Crippen LogP contribution in [0.15, 0.2) is 30.6 Å². The number of nitrogens with zero attached hydrogens (tertiary/aromatic N) is 2. The van der Waals surface area contributed by atoms with Gasteiger partial charge in [0.25, 0.3) is 0 Å². The smallest absolute Gasteiger partial charge is 0.412 e. The molecular formula is C17H19N3O4. The van der Waals surface area contributed by atoms with Crippen molar-refractivity contribution in [3.05, 3.63) is 36.2 Å². The van der Waals surface area contributed by atoms with Gasteiger partial charge in [0.1, 0.15) is 0 Å². The maximum absolute atomic E-state index is 11.6. The van der Waals surface area contributed by atoms with Crippen molar-refractivity contribution >= 4 is 11.8 Å². The molecule has 0 saturated carbocycles. The summed E-state index contributed by atoms with van der Waals surface area (Å²) in [5, 5.41) is 6.80. The molecule has 0 radical (unpaired) electrons. The van der Waals surface area contributed by atoms with Gasteiger partial charge < -0.3 is 14.2 Å². The van der Waals surface area contributed by atoms with Crippen LogP contribution < -0.4 is 14.8 Å². The van der Waals surface area contributed by atoms with Crippen molar-refractivity contribution < 1.29 is 19.0 Å². The fourth-order valence-electron chi connectivity index (χ4n) is 2.10. The Labute approximate surface area is 140 Å². The minimum atomic E-state index is -0.573. The van der Waals surface area contributed by atoms with Gasteiger partial charge in [-0.25, -0.2) is 4.79 Å². The zero-order chi connectivity index (χ0) is 17.4. The first kappa shape index (κ1) is 17.2. The van der Waals surface area contributed by atoms with Gasteiger partial charge in [-0.2, -0.15) is 5.10 Å². The summed E-state index contributed by atoms with van der Waals surface area (Å²) in [6.45, 7) is 2.20. The fourth-order valence-corrected chi connectivity index (χ4v) is 2.10. The molecule has 0 saturated heterocycles. The van der Waals surface area contributed by atoms with E-state index in [0.29, 0.717) is 23.7 Å². The summed E-state index contributed by atoms with van der Waals surface area (Å²) >= 11 is 0. The van der Waals surface area contributed by atoms with Crippen LogP contribution in [0.1, 0.15) is 12.5 Å². The Morgan fingerprint density at radius 2 is 2.17 bits per heavy atom. The monoisotopic (exact) mass is 329 g/mol. The number of carbonyl (C=O) groups excluding carboxylic acids is 1. The highest BCUT2D eigenvalue weighted by Gasteiger charge is 2.11. The van der Waals surface area contributed by atoms with Crippen LogP contribution in [0.25, 0.3) is 0 Å². The van der Waals surface area contributed by atoms with Crippen LogP contribution >= 0.6 is 0 Å². The number of ether oxygens (including phenoxy) is 3. The van der Waals surface area contributed by atoms with E-state index in [2.05, 4.69) is 22.3 Å². The van der Waals surface area contributed by atoms with Crippen LogP contribution in [-0.2, 0) is 11.3 Å². The summed E-state index contributed by atoms with van der Waals surface area (Å²) in [6.07, 6.45) is 2.67. The van der Waals surface area contributed by atoms with E-state index >= 15 is 0 Å². The lowest BCUT2D eigenvalue weighted by molar-refractivity contribution is 0.176. The zero-order valence-corrected chi connectivity index (χ0v) is 13.8. The number of hydrogen-bond donors (Lipinski definition) is 1. The van der Waals surface area contributed by atoms with Gasteiger partial charge in [-0.1, -0.05) is 18.1 Å². The van der Waals surface area contributed by atoms with Gasteiger partial charge in [0.2, 0.25) is 0 Å². The molecule has 7 nitrogen and oxygen atoms in total. The van der Waals surface area contributed by atoms with Crippen LogP contribution in [0.3, 0.4) is 0 Å². The second kappa shape index (κ2) is 8.48. The molecule has 0 fully saturated rings. The van der Waals surface area contributed by atoms with Gasteiger partial charge in [0.15, 0.2) is 18.1 Å². The first-order chi connectivity index (χ1) is 11.7. The van der Waals surface area contributed by atoms with Crippen LogP contribution in [-0.4, -0.2) is 36.7 Å². The highest BCUT2D eigenvalue weighted by Crippen LogP contribution is 2.31. The lowest BCUT2D eigenvalue weighted by atomic mass is 10.2. The summed E-state index contributed by atoms with van der Waals surface area (Å²) in [7, 11) is 3.18. The fraction of sp³-hybridized carbons (Fsp3) is 0.294. The van der Waals surface area contributed by atoms with E-state index in [1.165, 1.54) is 0 Å². The van der Waals surface area contributed by atoms with Crippen molar-refractivity contribution in [1.82, 2.24) is 9.78 Å². The molecule has 0 aliphatic rings. The minimum absolute atomic E-state index is 0.0531. The molecule has 7 heteroatoms. The average Bonchev–Trinajstić information content (AvgIpc) is 3.01. The van der Waals surface area contributed by atoms with Crippen molar-refractivity contribution in [2.75, 3.05) is 26.1 Å². The molecule has 126 valence electrons. The molecule has 24 heavy (non-hydrogen) atoms. The Bertz CT molecular complexity index is 759. The topological polar surface area (TPSA) is 74.6 Å². The number of nitrogens with one attached hydrogen (secondary N) is 1. The standard InChI is InChI=1S/C17H19N3O4/c1-4-5-9-24-17(21)19-14-10-18-20(12-14)11-13-7-6-8-15(22-2)16(13)23-3/h6-8,10,12H,9,11H2,1-3H3,(H,19,21). The first-order valence-corrected chi connectivity index (χ1v) is 7.23. The minimum Gasteiger partial charge on any atom is -0.493 e. The van der Waals surface area contributed by atoms with E-state index < -0.39 is 6.09 Å². The van der Waals surface area contributed by atoms with Crippen LogP contribution in [0.5, 0.6) is 11.5 Å². The largest absolute Gasteiger partial charge is 0.493 e. The predicted molar refractivity (Wildman–Crippen MR) is 89.3 cm³/mol. The number of carbonyl (C=O) groups is 1. The van der Waals surface area contributed by atoms with E-state index in [4.69, 9.17) is 14.2 Å². The molecule has 0 atom stereocenters. The maximum Gasteiger partial charge on any atom is 0.412 e. The van der Waals surface area contributed by atoms with Crippen molar-refractivity contribution in [3.8, 4) is 23.3 Å². The van der Waals surface area contributed by atoms with Crippen molar-refractivity contribution in [2.45, 2.75) is 13.5 Å². The van der Waals surface area contributed by atoms with Gasteiger partial charge >= 0.3 is 6.09 Å². The molecule has 1 aromatic carbocycles. The summed E-state index contributed by atoms with van der Waals surface area (Å²) in [5.74, 6) is 6.60. The molecule has 2 rings (SSSR count).